The van der Waals surface area contributed by atoms with Crippen LogP contribution in [0.15, 0.2) is 79.3 Å². The molecule has 2 aromatic heterocycles. The van der Waals surface area contributed by atoms with E-state index in [1.807, 2.05) is 6.92 Å². The maximum Gasteiger partial charge on any atom is 0.321 e. The third-order valence-corrected chi connectivity index (χ3v) is 8.53. The number of ether oxygens (including phenoxy) is 1. The fourth-order valence-corrected chi connectivity index (χ4v) is 6.18. The molecule has 1 aliphatic rings. The van der Waals surface area contributed by atoms with Gasteiger partial charge in [-0.3, -0.25) is 14.4 Å². The van der Waals surface area contributed by atoms with E-state index in [0.717, 1.165) is 5.56 Å². The average Bonchev–Trinajstić information content (AvgIpc) is 3.60. The van der Waals surface area contributed by atoms with Gasteiger partial charge in [-0.15, -0.1) is 0 Å². The van der Waals surface area contributed by atoms with E-state index in [0.29, 0.717) is 32.8 Å². The molecule has 6 rings (SSSR count). The number of nitrogens with zero attached hydrogens (tertiary/aromatic N) is 3. The molecular weight excluding hydrogens is 614 g/mol. The number of alkyl halides is 1. The Bertz CT molecular complexity index is 1980. The minimum Gasteiger partial charge on any atom is -0.424 e. The van der Waals surface area contributed by atoms with Gasteiger partial charge in [0.2, 0.25) is 5.91 Å². The number of fused-ring (bicyclic) bond motifs is 1. The number of amides is 1. The van der Waals surface area contributed by atoms with Crippen LogP contribution in [0.5, 0.6) is 11.8 Å². The van der Waals surface area contributed by atoms with Crippen LogP contribution in [0.1, 0.15) is 35.7 Å². The van der Waals surface area contributed by atoms with Crippen LogP contribution < -0.4 is 10.1 Å². The Morgan fingerprint density at radius 1 is 1.00 bits per heavy atom. The maximum absolute atomic E-state index is 15.5. The molecule has 234 valence electrons. The van der Waals surface area contributed by atoms with Crippen LogP contribution in [-0.2, 0) is 16.1 Å². The Morgan fingerprint density at radius 3 is 2.46 bits per heavy atom. The number of benzene rings is 3. The topological polar surface area (TPSA) is 103 Å². The Hall–Kier alpha value is -4.96. The number of carbonyl (C=O) groups excluding carboxylic acids is 3. The van der Waals surface area contributed by atoms with Crippen LogP contribution in [0.2, 0.25) is 5.02 Å². The number of aromatic nitrogens is 3. The summed E-state index contributed by atoms with van der Waals surface area (Å²) < 4.78 is 37.7. The molecule has 3 aromatic carbocycles. The molecule has 1 fully saturated rings. The van der Waals surface area contributed by atoms with Crippen molar-refractivity contribution < 1.29 is 27.9 Å². The second-order valence-electron chi connectivity index (χ2n) is 11.4. The number of Topliss-reactive ketones (excluding diaryl/α,β-unsaturated/α-hetero) is 2. The largest absolute Gasteiger partial charge is 0.424 e. The first-order valence-corrected chi connectivity index (χ1v) is 15.1. The lowest BCUT2D eigenvalue weighted by atomic mass is 9.90. The van der Waals surface area contributed by atoms with Crippen LogP contribution in [-0.4, -0.2) is 38.2 Å². The zero-order valence-electron chi connectivity index (χ0n) is 25.0. The lowest BCUT2D eigenvalue weighted by Gasteiger charge is -2.19. The standard InChI is InChI=1S/C35H29ClF2N4O4/c1-19-15-39-35(40-16-19)46-22-10-11-31-25(14-22)28(20(2)43)17-42(31)18-32(44)26-12-21(37)13-27(26)34(45)41-30-9-5-7-24(33(30)38)23-6-3-4-8-29(23)36/h3-11,14-17,21,26-27H,12-13,18H2,1-2H3,(H,41,45)/t21-,26?,27+/m0/s1. The summed E-state index contributed by atoms with van der Waals surface area (Å²) >= 11 is 6.26. The lowest BCUT2D eigenvalue weighted by molar-refractivity contribution is -0.130. The normalized spacial score (nSPS) is 17.6. The molecule has 2 heterocycles. The third-order valence-electron chi connectivity index (χ3n) is 8.20. The summed E-state index contributed by atoms with van der Waals surface area (Å²) in [5.41, 5.74) is 2.40. The third kappa shape index (κ3) is 6.25. The van der Waals surface area contributed by atoms with Gasteiger partial charge in [-0.05, 0) is 62.6 Å². The van der Waals surface area contributed by atoms with Crippen molar-refractivity contribution in [3.63, 3.8) is 0 Å². The average molecular weight is 643 g/mol. The van der Waals surface area contributed by atoms with Crippen molar-refractivity contribution in [3.8, 4) is 22.9 Å². The van der Waals surface area contributed by atoms with E-state index in [1.165, 1.54) is 13.0 Å². The summed E-state index contributed by atoms with van der Waals surface area (Å²) in [5.74, 6) is -3.46. The molecule has 0 saturated heterocycles. The van der Waals surface area contributed by atoms with Gasteiger partial charge in [0.15, 0.2) is 17.4 Å². The quantitative estimate of drug-likeness (QED) is 0.165. The highest BCUT2D eigenvalue weighted by atomic mass is 35.5. The molecule has 1 N–H and O–H groups in total. The number of ketones is 2. The Balaban J connectivity index is 1.22. The molecule has 0 aliphatic heterocycles. The molecule has 1 unspecified atom stereocenters. The van der Waals surface area contributed by atoms with Crippen molar-refractivity contribution in [2.75, 3.05) is 5.32 Å². The highest BCUT2D eigenvalue weighted by molar-refractivity contribution is 6.33. The molecule has 5 aromatic rings. The summed E-state index contributed by atoms with van der Waals surface area (Å²) in [7, 11) is 0. The monoisotopic (exact) mass is 642 g/mol. The second kappa shape index (κ2) is 12.8. The summed E-state index contributed by atoms with van der Waals surface area (Å²) in [6.45, 7) is 3.08. The number of halogens is 3. The van der Waals surface area contributed by atoms with Gasteiger partial charge in [-0.1, -0.05) is 41.9 Å². The van der Waals surface area contributed by atoms with Gasteiger partial charge in [0.25, 0.3) is 0 Å². The van der Waals surface area contributed by atoms with Crippen LogP contribution in [0.25, 0.3) is 22.0 Å². The highest BCUT2D eigenvalue weighted by Gasteiger charge is 2.43. The van der Waals surface area contributed by atoms with Crippen LogP contribution >= 0.6 is 11.6 Å². The number of rotatable bonds is 9. The first kappa shape index (κ1) is 31.0. The summed E-state index contributed by atoms with van der Waals surface area (Å²) in [5, 5.41) is 3.48. The molecule has 0 spiro atoms. The van der Waals surface area contributed by atoms with E-state index in [1.54, 1.807) is 77.8 Å². The Labute approximate surface area is 268 Å². The number of hydrogen-bond donors (Lipinski definition) is 1. The van der Waals surface area contributed by atoms with Crippen molar-refractivity contribution in [2.45, 2.75) is 39.4 Å². The van der Waals surface area contributed by atoms with Gasteiger partial charge in [0, 0.05) is 57.1 Å². The second-order valence-corrected chi connectivity index (χ2v) is 11.8. The molecule has 8 nitrogen and oxygen atoms in total. The first-order chi connectivity index (χ1) is 22.1. The molecule has 0 radical (unpaired) electrons. The molecular formula is C35H29ClF2N4O4. The summed E-state index contributed by atoms with van der Waals surface area (Å²) in [4.78, 5) is 47.9. The van der Waals surface area contributed by atoms with Gasteiger partial charge in [-0.25, -0.2) is 18.7 Å². The van der Waals surface area contributed by atoms with E-state index in [2.05, 4.69) is 15.3 Å². The van der Waals surface area contributed by atoms with Gasteiger partial charge in [0.05, 0.1) is 18.2 Å². The SMILES string of the molecule is CC(=O)c1cn(CC(=O)C2C[C@H](F)C[C@H]2C(=O)Nc2cccc(-c3ccccc3Cl)c2F)c2ccc(Oc3ncc(C)cn3)cc12. The van der Waals surface area contributed by atoms with Gasteiger partial charge >= 0.3 is 6.01 Å². The number of anilines is 1. The van der Waals surface area contributed by atoms with E-state index >= 15 is 4.39 Å². The van der Waals surface area contributed by atoms with E-state index in [-0.39, 0.29) is 48.2 Å². The number of carbonyl (C=O) groups is 3. The predicted molar refractivity (Wildman–Crippen MR) is 170 cm³/mol. The molecule has 46 heavy (non-hydrogen) atoms. The fraction of sp³-hybridized carbons (Fsp3) is 0.229. The van der Waals surface area contributed by atoms with E-state index in [4.69, 9.17) is 16.3 Å². The highest BCUT2D eigenvalue weighted by Crippen LogP contribution is 2.38. The number of hydrogen-bond acceptors (Lipinski definition) is 6. The lowest BCUT2D eigenvalue weighted by Crippen LogP contribution is -2.32. The molecule has 3 atom stereocenters. The van der Waals surface area contributed by atoms with Gasteiger partial charge in [0.1, 0.15) is 11.9 Å². The van der Waals surface area contributed by atoms with E-state index in [9.17, 15) is 18.8 Å². The Kier molecular flexibility index (Phi) is 8.64. The van der Waals surface area contributed by atoms with Crippen molar-refractivity contribution in [3.05, 3.63) is 101 Å². The van der Waals surface area contributed by atoms with Crippen LogP contribution in [0.3, 0.4) is 0 Å². The van der Waals surface area contributed by atoms with Crippen molar-refractivity contribution >= 4 is 45.7 Å². The fourth-order valence-electron chi connectivity index (χ4n) is 5.94. The Morgan fingerprint density at radius 2 is 1.72 bits per heavy atom. The van der Waals surface area contributed by atoms with Crippen LogP contribution in [0.4, 0.5) is 14.5 Å². The van der Waals surface area contributed by atoms with Gasteiger partial charge < -0.3 is 14.6 Å². The molecule has 0 bridgehead atoms. The molecule has 1 amide bonds. The predicted octanol–water partition coefficient (Wildman–Crippen LogP) is 7.77. The van der Waals surface area contributed by atoms with Gasteiger partial charge in [-0.2, -0.15) is 0 Å². The molecule has 1 aliphatic carbocycles. The zero-order chi connectivity index (χ0) is 32.5. The summed E-state index contributed by atoms with van der Waals surface area (Å²) in [6, 6.07) is 16.5. The maximum atomic E-state index is 15.5. The smallest absolute Gasteiger partial charge is 0.321 e. The zero-order valence-corrected chi connectivity index (χ0v) is 25.7. The number of aryl methyl sites for hydroxylation is 1. The number of nitrogens with one attached hydrogen (secondary N) is 1. The van der Waals surface area contributed by atoms with Crippen molar-refractivity contribution in [1.82, 2.24) is 14.5 Å². The minimum absolute atomic E-state index is 0.0903. The summed E-state index contributed by atoms with van der Waals surface area (Å²) in [6.07, 6.45) is 3.15. The van der Waals surface area contributed by atoms with Crippen molar-refractivity contribution in [2.24, 2.45) is 11.8 Å². The van der Waals surface area contributed by atoms with E-state index < -0.39 is 29.7 Å². The molecule has 11 heteroatoms. The molecule has 1 saturated carbocycles. The minimum atomic E-state index is -1.37. The first-order valence-electron chi connectivity index (χ1n) is 14.7. The van der Waals surface area contributed by atoms with Crippen LogP contribution in [0, 0.1) is 24.6 Å². The van der Waals surface area contributed by atoms with Crippen molar-refractivity contribution in [1.29, 1.82) is 0 Å².